The van der Waals surface area contributed by atoms with Crippen LogP contribution in [0, 0.1) is 11.7 Å². The molecule has 0 atom stereocenters. The summed E-state index contributed by atoms with van der Waals surface area (Å²) in [5.74, 6) is 0.207. The van der Waals surface area contributed by atoms with E-state index in [1.807, 2.05) is 0 Å². The predicted octanol–water partition coefficient (Wildman–Crippen LogP) is 0.712. The van der Waals surface area contributed by atoms with Gasteiger partial charge in [0.2, 0.25) is 5.91 Å². The van der Waals surface area contributed by atoms with Gasteiger partial charge in [-0.3, -0.25) is 4.79 Å². The number of ether oxygens (including phenoxy) is 1. The Morgan fingerprint density at radius 1 is 1.56 bits per heavy atom. The third kappa shape index (κ3) is 3.20. The van der Waals surface area contributed by atoms with Gasteiger partial charge in [0.05, 0.1) is 13.5 Å². The molecule has 0 saturated carbocycles. The minimum atomic E-state index is -0.439. The summed E-state index contributed by atoms with van der Waals surface area (Å²) in [6.45, 7) is 2.60. The second-order valence-corrected chi connectivity index (χ2v) is 4.47. The van der Waals surface area contributed by atoms with Crippen LogP contribution in [-0.4, -0.2) is 32.7 Å². The Hall–Kier alpha value is -1.62. The molecule has 98 valence electrons. The second kappa shape index (κ2) is 5.82. The van der Waals surface area contributed by atoms with Crippen molar-refractivity contribution in [3.05, 3.63) is 29.6 Å². The van der Waals surface area contributed by atoms with Gasteiger partial charge >= 0.3 is 0 Å². The summed E-state index contributed by atoms with van der Waals surface area (Å²) in [4.78, 5) is 11.6. The molecule has 2 N–H and O–H groups in total. The number of rotatable bonds is 5. The van der Waals surface area contributed by atoms with Crippen LogP contribution < -0.4 is 15.4 Å². The molecule has 0 unspecified atom stereocenters. The first-order valence-electron chi connectivity index (χ1n) is 5.99. The molecule has 1 aromatic carbocycles. The highest BCUT2D eigenvalue weighted by molar-refractivity contribution is 5.78. The largest absolute Gasteiger partial charge is 0.494 e. The Morgan fingerprint density at radius 3 is 2.89 bits per heavy atom. The molecule has 0 aromatic heterocycles. The molecule has 1 aliphatic rings. The first kappa shape index (κ1) is 12.8. The topological polar surface area (TPSA) is 50.4 Å². The lowest BCUT2D eigenvalue weighted by Crippen LogP contribution is -2.48. The number of benzene rings is 1. The number of halogens is 1. The van der Waals surface area contributed by atoms with Crippen LogP contribution in [0.15, 0.2) is 18.2 Å². The van der Waals surface area contributed by atoms with Crippen molar-refractivity contribution in [1.29, 1.82) is 0 Å². The van der Waals surface area contributed by atoms with Crippen LogP contribution in [0.2, 0.25) is 0 Å². The van der Waals surface area contributed by atoms with Gasteiger partial charge in [-0.05, 0) is 17.7 Å². The molecule has 1 aliphatic heterocycles. The van der Waals surface area contributed by atoms with E-state index in [0.29, 0.717) is 18.0 Å². The van der Waals surface area contributed by atoms with Gasteiger partial charge in [-0.15, -0.1) is 0 Å². The minimum Gasteiger partial charge on any atom is -0.494 e. The summed E-state index contributed by atoms with van der Waals surface area (Å²) < 4.78 is 18.2. The summed E-state index contributed by atoms with van der Waals surface area (Å²) >= 11 is 0. The highest BCUT2D eigenvalue weighted by Gasteiger charge is 2.17. The highest BCUT2D eigenvalue weighted by Crippen LogP contribution is 2.17. The lowest BCUT2D eigenvalue weighted by molar-refractivity contribution is -0.120. The molecule has 0 radical (unpaired) electrons. The van der Waals surface area contributed by atoms with Gasteiger partial charge in [0.1, 0.15) is 0 Å². The zero-order valence-corrected chi connectivity index (χ0v) is 10.3. The Balaban J connectivity index is 1.84. The normalized spacial score (nSPS) is 15.0. The molecular formula is C13H17FN2O2. The third-order valence-electron chi connectivity index (χ3n) is 3.03. The fourth-order valence-electron chi connectivity index (χ4n) is 1.82. The van der Waals surface area contributed by atoms with Crippen molar-refractivity contribution in [3.63, 3.8) is 0 Å². The number of hydrogen-bond donors (Lipinski definition) is 2. The highest BCUT2D eigenvalue weighted by atomic mass is 19.1. The smallest absolute Gasteiger partial charge is 0.224 e. The van der Waals surface area contributed by atoms with E-state index < -0.39 is 5.82 Å². The average Bonchev–Trinajstić information content (AvgIpc) is 2.27. The van der Waals surface area contributed by atoms with Crippen LogP contribution in [0.3, 0.4) is 0 Å². The molecule has 1 aromatic rings. The maximum atomic E-state index is 13.4. The Morgan fingerprint density at radius 2 is 2.33 bits per heavy atom. The number of hydrogen-bond acceptors (Lipinski definition) is 3. The molecule has 0 bridgehead atoms. The average molecular weight is 252 g/mol. The maximum absolute atomic E-state index is 13.4. The number of carbonyl (C=O) groups is 1. The molecule has 18 heavy (non-hydrogen) atoms. The van der Waals surface area contributed by atoms with Crippen LogP contribution in [-0.2, 0) is 11.2 Å². The van der Waals surface area contributed by atoms with Crippen molar-refractivity contribution >= 4 is 5.91 Å². The zero-order chi connectivity index (χ0) is 13.0. The first-order valence-corrected chi connectivity index (χ1v) is 5.99. The standard InChI is InChI=1S/C13H17FN2O2/c1-18-12-3-2-9(4-11(12)14)5-13(17)16-8-10-6-15-7-10/h2-4,10,15H,5-8H2,1H3,(H,16,17). The third-order valence-corrected chi connectivity index (χ3v) is 3.03. The van der Waals surface area contributed by atoms with E-state index in [0.717, 1.165) is 13.1 Å². The van der Waals surface area contributed by atoms with Gasteiger partial charge in [0.25, 0.3) is 0 Å². The number of nitrogens with one attached hydrogen (secondary N) is 2. The summed E-state index contributed by atoms with van der Waals surface area (Å²) in [7, 11) is 1.41. The van der Waals surface area contributed by atoms with Crippen molar-refractivity contribution < 1.29 is 13.9 Å². The van der Waals surface area contributed by atoms with Crippen molar-refractivity contribution in [1.82, 2.24) is 10.6 Å². The van der Waals surface area contributed by atoms with Crippen LogP contribution in [0.25, 0.3) is 0 Å². The molecule has 1 fully saturated rings. The molecule has 5 heteroatoms. The van der Waals surface area contributed by atoms with Crippen LogP contribution >= 0.6 is 0 Å². The summed E-state index contributed by atoms with van der Waals surface area (Å²) in [6, 6.07) is 4.57. The van der Waals surface area contributed by atoms with Gasteiger partial charge in [-0.1, -0.05) is 6.07 Å². The Kier molecular flexibility index (Phi) is 4.15. The van der Waals surface area contributed by atoms with Crippen molar-refractivity contribution in [2.24, 2.45) is 5.92 Å². The van der Waals surface area contributed by atoms with Crippen LogP contribution in [0.4, 0.5) is 4.39 Å². The molecular weight excluding hydrogens is 235 g/mol. The first-order chi connectivity index (χ1) is 8.69. The van der Waals surface area contributed by atoms with Gasteiger partial charge in [0.15, 0.2) is 11.6 Å². The maximum Gasteiger partial charge on any atom is 0.224 e. The summed E-state index contributed by atoms with van der Waals surface area (Å²) in [5, 5.41) is 5.99. The Bertz CT molecular complexity index is 433. The van der Waals surface area contributed by atoms with Gasteiger partial charge < -0.3 is 15.4 Å². The molecule has 1 saturated heterocycles. The van der Waals surface area contributed by atoms with E-state index in [1.165, 1.54) is 19.2 Å². The molecule has 4 nitrogen and oxygen atoms in total. The van der Waals surface area contributed by atoms with E-state index in [9.17, 15) is 9.18 Å². The number of carbonyl (C=O) groups excluding carboxylic acids is 1. The quantitative estimate of drug-likeness (QED) is 0.811. The molecule has 0 spiro atoms. The monoisotopic (exact) mass is 252 g/mol. The number of amides is 1. The van der Waals surface area contributed by atoms with E-state index in [4.69, 9.17) is 4.74 Å². The summed E-state index contributed by atoms with van der Waals surface area (Å²) in [6.07, 6.45) is 0.195. The van der Waals surface area contributed by atoms with Crippen LogP contribution in [0.1, 0.15) is 5.56 Å². The van der Waals surface area contributed by atoms with E-state index in [2.05, 4.69) is 10.6 Å². The molecule has 2 rings (SSSR count). The van der Waals surface area contributed by atoms with E-state index in [-0.39, 0.29) is 18.1 Å². The zero-order valence-electron chi connectivity index (χ0n) is 10.3. The lowest BCUT2D eigenvalue weighted by atomic mass is 10.0. The predicted molar refractivity (Wildman–Crippen MR) is 66.0 cm³/mol. The fraction of sp³-hybridized carbons (Fsp3) is 0.462. The van der Waals surface area contributed by atoms with Gasteiger partial charge in [0, 0.05) is 25.6 Å². The lowest BCUT2D eigenvalue weighted by Gasteiger charge is -2.27. The second-order valence-electron chi connectivity index (χ2n) is 4.47. The van der Waals surface area contributed by atoms with E-state index in [1.54, 1.807) is 6.07 Å². The van der Waals surface area contributed by atoms with E-state index >= 15 is 0 Å². The molecule has 0 aliphatic carbocycles. The van der Waals surface area contributed by atoms with Crippen molar-refractivity contribution in [2.75, 3.05) is 26.7 Å². The van der Waals surface area contributed by atoms with Crippen molar-refractivity contribution in [3.8, 4) is 5.75 Å². The molecule has 1 amide bonds. The van der Waals surface area contributed by atoms with Gasteiger partial charge in [-0.2, -0.15) is 0 Å². The minimum absolute atomic E-state index is 0.0773. The van der Waals surface area contributed by atoms with Crippen LogP contribution in [0.5, 0.6) is 5.75 Å². The Labute approximate surface area is 106 Å². The fourth-order valence-corrected chi connectivity index (χ4v) is 1.82. The van der Waals surface area contributed by atoms with Gasteiger partial charge in [-0.25, -0.2) is 4.39 Å². The van der Waals surface area contributed by atoms with Crippen molar-refractivity contribution in [2.45, 2.75) is 6.42 Å². The SMILES string of the molecule is COc1ccc(CC(=O)NCC2CNC2)cc1F. The summed E-state index contributed by atoms with van der Waals surface area (Å²) in [5.41, 5.74) is 0.650. The number of methoxy groups -OCH3 is 1. The molecule has 1 heterocycles.